The van der Waals surface area contributed by atoms with Crippen LogP contribution in [0.4, 0.5) is 5.69 Å². The van der Waals surface area contributed by atoms with Crippen molar-refractivity contribution in [1.29, 1.82) is 0 Å². The zero-order chi connectivity index (χ0) is 10.1. The molecule has 0 saturated heterocycles. The van der Waals surface area contributed by atoms with E-state index in [1.54, 1.807) is 12.5 Å². The van der Waals surface area contributed by atoms with Crippen molar-refractivity contribution in [2.24, 2.45) is 4.99 Å². The fourth-order valence-corrected chi connectivity index (χ4v) is 1.77. The second kappa shape index (κ2) is 3.28. The Bertz CT molecular complexity index is 474. The van der Waals surface area contributed by atoms with E-state index in [4.69, 9.17) is 4.74 Å². The lowest BCUT2D eigenvalue weighted by Crippen LogP contribution is -2.19. The standard InChI is InChI=1S/C12H10N2O/c1-2-4-12-10(3-1)7-13-8-11-9-15-6-5-14(11)12/h1-7,9H,8H2. The molecule has 0 spiro atoms. The molecule has 0 bridgehead atoms. The molecule has 0 fully saturated rings. The zero-order valence-corrected chi connectivity index (χ0v) is 8.13. The summed E-state index contributed by atoms with van der Waals surface area (Å²) >= 11 is 0. The minimum atomic E-state index is 0.652. The number of ether oxygens (including phenoxy) is 1. The predicted molar refractivity (Wildman–Crippen MR) is 59.7 cm³/mol. The Balaban J connectivity index is 2.17. The lowest BCUT2D eigenvalue weighted by molar-refractivity contribution is 0.387. The number of aliphatic imine (C=N–C) groups is 1. The molecule has 0 saturated carbocycles. The van der Waals surface area contributed by atoms with Crippen molar-refractivity contribution >= 4 is 11.9 Å². The third-order valence-corrected chi connectivity index (χ3v) is 2.48. The molecule has 3 nitrogen and oxygen atoms in total. The highest BCUT2D eigenvalue weighted by Crippen LogP contribution is 2.27. The minimum absolute atomic E-state index is 0.652. The fourth-order valence-electron chi connectivity index (χ4n) is 1.77. The SMILES string of the molecule is C1=CN2C(=CO1)CN=Cc1ccccc12. The first kappa shape index (κ1) is 8.29. The van der Waals surface area contributed by atoms with Crippen LogP contribution in [0.5, 0.6) is 0 Å². The summed E-state index contributed by atoms with van der Waals surface area (Å²) in [7, 11) is 0. The molecule has 0 unspecified atom stereocenters. The van der Waals surface area contributed by atoms with Gasteiger partial charge in [-0.1, -0.05) is 18.2 Å². The van der Waals surface area contributed by atoms with Crippen molar-refractivity contribution in [2.75, 3.05) is 11.4 Å². The molecule has 1 aromatic carbocycles. The van der Waals surface area contributed by atoms with E-state index in [0.29, 0.717) is 6.54 Å². The van der Waals surface area contributed by atoms with Crippen LogP contribution in [0.3, 0.4) is 0 Å². The number of hydrogen-bond donors (Lipinski definition) is 0. The van der Waals surface area contributed by atoms with Gasteiger partial charge in [-0.05, 0) is 6.07 Å². The van der Waals surface area contributed by atoms with E-state index in [-0.39, 0.29) is 0 Å². The highest BCUT2D eigenvalue weighted by Gasteiger charge is 2.17. The Kier molecular flexibility index (Phi) is 1.81. The first-order valence-electron chi connectivity index (χ1n) is 4.84. The van der Waals surface area contributed by atoms with Crippen LogP contribution in [0.2, 0.25) is 0 Å². The van der Waals surface area contributed by atoms with Gasteiger partial charge in [0.25, 0.3) is 0 Å². The number of nitrogens with zero attached hydrogens (tertiary/aromatic N) is 2. The van der Waals surface area contributed by atoms with E-state index >= 15 is 0 Å². The third kappa shape index (κ3) is 1.32. The Morgan fingerprint density at radius 1 is 1.27 bits per heavy atom. The van der Waals surface area contributed by atoms with Crippen molar-refractivity contribution in [3.63, 3.8) is 0 Å². The van der Waals surface area contributed by atoms with Crippen molar-refractivity contribution in [1.82, 2.24) is 0 Å². The summed E-state index contributed by atoms with van der Waals surface area (Å²) < 4.78 is 5.15. The lowest BCUT2D eigenvalue weighted by Gasteiger charge is -2.24. The number of fused-ring (bicyclic) bond motifs is 3. The minimum Gasteiger partial charge on any atom is -0.469 e. The van der Waals surface area contributed by atoms with Crippen LogP contribution in [0.1, 0.15) is 5.56 Å². The predicted octanol–water partition coefficient (Wildman–Crippen LogP) is 2.27. The Hall–Kier alpha value is -2.03. The summed E-state index contributed by atoms with van der Waals surface area (Å²) in [6, 6.07) is 8.18. The molecule has 0 amide bonds. The van der Waals surface area contributed by atoms with Crippen molar-refractivity contribution in [3.8, 4) is 0 Å². The average molecular weight is 198 g/mol. The summed E-state index contributed by atoms with van der Waals surface area (Å²) in [4.78, 5) is 6.45. The molecule has 15 heavy (non-hydrogen) atoms. The molecule has 0 radical (unpaired) electrons. The molecule has 3 heteroatoms. The monoisotopic (exact) mass is 198 g/mol. The van der Waals surface area contributed by atoms with E-state index in [2.05, 4.69) is 22.0 Å². The number of para-hydroxylation sites is 1. The van der Waals surface area contributed by atoms with E-state index < -0.39 is 0 Å². The highest BCUT2D eigenvalue weighted by molar-refractivity contribution is 5.90. The smallest absolute Gasteiger partial charge is 0.112 e. The molecule has 1 aromatic rings. The molecule has 0 aromatic heterocycles. The van der Waals surface area contributed by atoms with Crippen molar-refractivity contribution in [2.45, 2.75) is 0 Å². The normalized spacial score (nSPS) is 17.3. The topological polar surface area (TPSA) is 24.8 Å². The van der Waals surface area contributed by atoms with Gasteiger partial charge in [-0.25, -0.2) is 0 Å². The van der Waals surface area contributed by atoms with Crippen LogP contribution >= 0.6 is 0 Å². The number of hydrogen-bond acceptors (Lipinski definition) is 3. The Labute approximate surface area is 88.0 Å². The van der Waals surface area contributed by atoms with Crippen LogP contribution in [0.15, 0.2) is 53.7 Å². The second-order valence-electron chi connectivity index (χ2n) is 3.43. The average Bonchev–Trinajstić information content (AvgIpc) is 2.48. The number of anilines is 1. The Morgan fingerprint density at radius 3 is 3.20 bits per heavy atom. The maximum Gasteiger partial charge on any atom is 0.112 e. The molecule has 2 heterocycles. The van der Waals surface area contributed by atoms with Gasteiger partial charge in [0.05, 0.1) is 17.9 Å². The molecule has 0 N–H and O–H groups in total. The van der Waals surface area contributed by atoms with E-state index in [1.807, 2.05) is 24.5 Å². The summed E-state index contributed by atoms with van der Waals surface area (Å²) in [5, 5.41) is 0. The van der Waals surface area contributed by atoms with Crippen molar-refractivity contribution < 1.29 is 4.74 Å². The molecule has 3 rings (SSSR count). The first-order chi connectivity index (χ1) is 7.45. The van der Waals surface area contributed by atoms with Gasteiger partial charge in [-0.2, -0.15) is 0 Å². The molecule has 2 aliphatic rings. The van der Waals surface area contributed by atoms with Gasteiger partial charge in [-0.15, -0.1) is 0 Å². The summed E-state index contributed by atoms with van der Waals surface area (Å²) in [5.41, 5.74) is 3.33. The molecule has 2 aliphatic heterocycles. The van der Waals surface area contributed by atoms with Gasteiger partial charge in [0, 0.05) is 18.0 Å². The van der Waals surface area contributed by atoms with Crippen LogP contribution in [0, 0.1) is 0 Å². The zero-order valence-electron chi connectivity index (χ0n) is 8.13. The van der Waals surface area contributed by atoms with Crippen LogP contribution in [-0.4, -0.2) is 12.8 Å². The fraction of sp³-hybridized carbons (Fsp3) is 0.0833. The lowest BCUT2D eigenvalue weighted by atomic mass is 10.2. The second-order valence-corrected chi connectivity index (χ2v) is 3.43. The largest absolute Gasteiger partial charge is 0.469 e. The van der Waals surface area contributed by atoms with Crippen molar-refractivity contribution in [3.05, 3.63) is 54.3 Å². The van der Waals surface area contributed by atoms with Crippen LogP contribution in [0.25, 0.3) is 0 Å². The molecule has 74 valence electrons. The van der Waals surface area contributed by atoms with E-state index in [9.17, 15) is 0 Å². The summed E-state index contributed by atoms with van der Waals surface area (Å²) in [6.07, 6.45) is 7.23. The Morgan fingerprint density at radius 2 is 2.20 bits per heavy atom. The van der Waals surface area contributed by atoms with Gasteiger partial charge in [0.15, 0.2) is 0 Å². The highest BCUT2D eigenvalue weighted by atomic mass is 16.5. The molecular weight excluding hydrogens is 188 g/mol. The van der Waals surface area contributed by atoms with E-state index in [1.165, 1.54) is 0 Å². The molecule has 0 atom stereocenters. The van der Waals surface area contributed by atoms with Gasteiger partial charge in [-0.3, -0.25) is 4.99 Å². The third-order valence-electron chi connectivity index (χ3n) is 2.48. The van der Waals surface area contributed by atoms with Crippen LogP contribution < -0.4 is 4.90 Å². The number of benzene rings is 1. The molecular formula is C12H10N2O. The summed E-state index contributed by atoms with van der Waals surface area (Å²) in [6.45, 7) is 0.652. The maximum absolute atomic E-state index is 5.15. The quantitative estimate of drug-likeness (QED) is 0.638. The maximum atomic E-state index is 5.15. The van der Waals surface area contributed by atoms with Gasteiger partial charge in [0.2, 0.25) is 0 Å². The number of rotatable bonds is 0. The van der Waals surface area contributed by atoms with Gasteiger partial charge >= 0.3 is 0 Å². The van der Waals surface area contributed by atoms with Gasteiger partial charge < -0.3 is 9.64 Å². The first-order valence-corrected chi connectivity index (χ1v) is 4.84. The summed E-state index contributed by atoms with van der Waals surface area (Å²) in [5.74, 6) is 0. The van der Waals surface area contributed by atoms with Gasteiger partial charge in [0.1, 0.15) is 12.5 Å². The van der Waals surface area contributed by atoms with Crippen LogP contribution in [-0.2, 0) is 4.74 Å². The van der Waals surface area contributed by atoms with E-state index in [0.717, 1.165) is 16.9 Å². The molecule has 0 aliphatic carbocycles.